The van der Waals surface area contributed by atoms with Gasteiger partial charge in [0.15, 0.2) is 5.69 Å². The predicted octanol–water partition coefficient (Wildman–Crippen LogP) is 1.50. The van der Waals surface area contributed by atoms with Crippen LogP contribution in [0.4, 0.5) is 13.2 Å². The molecule has 1 rings (SSSR count). The maximum atomic E-state index is 11.7. The standard InChI is InChI=1S/C6HF3N/c7-6(8,9)5-3-1-2-4-10-5/h4H. The van der Waals surface area contributed by atoms with Gasteiger partial charge in [-0.15, -0.1) is 0 Å². The van der Waals surface area contributed by atoms with Crippen molar-refractivity contribution in [3.05, 3.63) is 30.1 Å². The fourth-order valence-electron chi connectivity index (χ4n) is 0.401. The first kappa shape index (κ1) is 7.05. The van der Waals surface area contributed by atoms with E-state index in [1.165, 1.54) is 0 Å². The molecule has 0 amide bonds. The number of halogens is 3. The largest absolute Gasteiger partial charge is 0.433 e. The Kier molecular flexibility index (Phi) is 1.61. The van der Waals surface area contributed by atoms with E-state index in [1.807, 2.05) is 6.07 Å². The van der Waals surface area contributed by atoms with Crippen molar-refractivity contribution in [3.63, 3.8) is 0 Å². The van der Waals surface area contributed by atoms with Gasteiger partial charge < -0.3 is 0 Å². The van der Waals surface area contributed by atoms with Gasteiger partial charge in [-0.3, -0.25) is 4.98 Å². The lowest BCUT2D eigenvalue weighted by molar-refractivity contribution is -0.141. The van der Waals surface area contributed by atoms with Crippen LogP contribution in [0.1, 0.15) is 5.69 Å². The third kappa shape index (κ3) is 1.46. The van der Waals surface area contributed by atoms with Gasteiger partial charge in [-0.05, 0) is 0 Å². The lowest BCUT2D eigenvalue weighted by atomic mass is 10.3. The molecule has 0 unspecified atom stereocenters. The highest BCUT2D eigenvalue weighted by molar-refractivity contribution is 5.02. The molecule has 0 N–H and O–H groups in total. The minimum atomic E-state index is -4.43. The van der Waals surface area contributed by atoms with Gasteiger partial charge in [0.25, 0.3) is 0 Å². The lowest BCUT2D eigenvalue weighted by Crippen LogP contribution is -2.06. The van der Waals surface area contributed by atoms with E-state index in [2.05, 4.69) is 11.1 Å². The number of nitrogens with zero attached hydrogens (tertiary/aromatic N) is 1. The summed E-state index contributed by atoms with van der Waals surface area (Å²) in [4.78, 5) is 2.98. The van der Waals surface area contributed by atoms with Crippen molar-refractivity contribution < 1.29 is 13.2 Å². The van der Waals surface area contributed by atoms with Crippen molar-refractivity contribution in [2.45, 2.75) is 6.18 Å². The summed E-state index contributed by atoms with van der Waals surface area (Å²) in [7, 11) is 0. The minimum Gasteiger partial charge on any atom is -0.250 e. The van der Waals surface area contributed by atoms with Crippen molar-refractivity contribution in [2.24, 2.45) is 0 Å². The van der Waals surface area contributed by atoms with Gasteiger partial charge in [0.1, 0.15) is 0 Å². The second kappa shape index (κ2) is 2.28. The van der Waals surface area contributed by atoms with E-state index in [1.54, 1.807) is 6.07 Å². The Labute approximate surface area is 55.5 Å². The summed E-state index contributed by atoms with van der Waals surface area (Å²) < 4.78 is 35.0. The van der Waals surface area contributed by atoms with Gasteiger partial charge in [-0.2, -0.15) is 13.2 Å². The number of pyridine rings is 1. The Hall–Kier alpha value is -1.06. The second-order valence-corrected chi connectivity index (χ2v) is 1.50. The van der Waals surface area contributed by atoms with Crippen LogP contribution in [0.5, 0.6) is 0 Å². The summed E-state index contributed by atoms with van der Waals surface area (Å²) in [6.07, 6.45) is -3.52. The Morgan fingerprint density at radius 1 is 1.40 bits per heavy atom. The molecule has 10 heavy (non-hydrogen) atoms. The molecule has 0 aliphatic rings. The first-order valence-corrected chi connectivity index (χ1v) is 2.34. The smallest absolute Gasteiger partial charge is 0.250 e. The fraction of sp³-hybridized carbons (Fsp3) is 0.167. The van der Waals surface area contributed by atoms with E-state index in [0.29, 0.717) is 0 Å². The lowest BCUT2D eigenvalue weighted by Gasteiger charge is -2.01. The van der Waals surface area contributed by atoms with E-state index < -0.39 is 11.9 Å². The van der Waals surface area contributed by atoms with Gasteiger partial charge in [0.05, 0.1) is 0 Å². The zero-order valence-corrected chi connectivity index (χ0v) is 4.66. The van der Waals surface area contributed by atoms with Gasteiger partial charge >= 0.3 is 6.18 Å². The Bertz CT molecular complexity index is 204. The van der Waals surface area contributed by atoms with E-state index in [4.69, 9.17) is 0 Å². The average molecular weight is 144 g/mol. The molecule has 0 aliphatic heterocycles. The highest BCUT2D eigenvalue weighted by Gasteiger charge is 2.31. The van der Waals surface area contributed by atoms with Crippen molar-refractivity contribution in [2.75, 3.05) is 0 Å². The average Bonchev–Trinajstić information content (AvgIpc) is 1.88. The molecule has 51 valence electrons. The summed E-state index contributed by atoms with van der Waals surface area (Å²) >= 11 is 0. The SMILES string of the molecule is FC(F)(F)c1[c][c][c]cn1. The molecular weight excluding hydrogens is 143 g/mol. The molecule has 0 atom stereocenters. The van der Waals surface area contributed by atoms with Crippen LogP contribution in [0.3, 0.4) is 0 Å². The molecule has 0 saturated carbocycles. The molecule has 0 spiro atoms. The second-order valence-electron chi connectivity index (χ2n) is 1.50. The van der Waals surface area contributed by atoms with Crippen LogP contribution in [0, 0.1) is 18.2 Å². The first-order chi connectivity index (χ1) is 4.61. The maximum Gasteiger partial charge on any atom is 0.433 e. The highest BCUT2D eigenvalue weighted by atomic mass is 19.4. The first-order valence-electron chi connectivity index (χ1n) is 2.34. The summed E-state index contributed by atoms with van der Waals surface area (Å²) in [6.45, 7) is 0. The van der Waals surface area contributed by atoms with E-state index >= 15 is 0 Å². The molecule has 3 radical (unpaired) electrons. The zero-order chi connectivity index (χ0) is 7.61. The Morgan fingerprint density at radius 2 is 2.10 bits per heavy atom. The number of hydrogen-bond donors (Lipinski definition) is 0. The van der Waals surface area contributed by atoms with Crippen LogP contribution < -0.4 is 0 Å². The molecule has 1 aromatic rings. The normalized spacial score (nSPS) is 11.5. The minimum absolute atomic E-state index is 0.902. The van der Waals surface area contributed by atoms with Crippen molar-refractivity contribution in [3.8, 4) is 0 Å². The van der Waals surface area contributed by atoms with Gasteiger partial charge in [0, 0.05) is 24.4 Å². The molecule has 0 saturated heterocycles. The summed E-state index contributed by atoms with van der Waals surface area (Å²) in [5.74, 6) is 0. The number of alkyl halides is 3. The predicted molar refractivity (Wildman–Crippen MR) is 25.7 cm³/mol. The molecule has 4 heteroatoms. The van der Waals surface area contributed by atoms with Gasteiger partial charge in [0.2, 0.25) is 0 Å². The molecule has 0 aromatic carbocycles. The Morgan fingerprint density at radius 3 is 2.40 bits per heavy atom. The van der Waals surface area contributed by atoms with Crippen LogP contribution >= 0.6 is 0 Å². The molecule has 1 heterocycles. The van der Waals surface area contributed by atoms with Crippen LogP contribution in [-0.4, -0.2) is 4.98 Å². The third-order valence-corrected chi connectivity index (χ3v) is 0.780. The number of rotatable bonds is 0. The molecule has 0 bridgehead atoms. The zero-order valence-electron chi connectivity index (χ0n) is 4.66. The fourth-order valence-corrected chi connectivity index (χ4v) is 0.401. The van der Waals surface area contributed by atoms with Crippen LogP contribution in [0.2, 0.25) is 0 Å². The van der Waals surface area contributed by atoms with Crippen LogP contribution in [0.15, 0.2) is 6.20 Å². The molecule has 1 aromatic heterocycles. The summed E-state index contributed by atoms with van der Waals surface area (Å²) in [6, 6.07) is 6.04. The summed E-state index contributed by atoms with van der Waals surface area (Å²) in [5, 5.41) is 0. The summed E-state index contributed by atoms with van der Waals surface area (Å²) in [5.41, 5.74) is -1.06. The van der Waals surface area contributed by atoms with Crippen molar-refractivity contribution >= 4 is 0 Å². The topological polar surface area (TPSA) is 12.9 Å². The molecule has 0 fully saturated rings. The van der Waals surface area contributed by atoms with Gasteiger partial charge in [-0.25, -0.2) is 0 Å². The molecule has 0 aliphatic carbocycles. The van der Waals surface area contributed by atoms with Gasteiger partial charge in [-0.1, -0.05) is 0 Å². The molecular formula is C6HF3N. The monoisotopic (exact) mass is 144 g/mol. The van der Waals surface area contributed by atoms with Crippen LogP contribution in [0.25, 0.3) is 0 Å². The number of aromatic nitrogens is 1. The Balaban J connectivity index is 2.97. The highest BCUT2D eigenvalue weighted by Crippen LogP contribution is 2.25. The van der Waals surface area contributed by atoms with Crippen LogP contribution in [-0.2, 0) is 6.18 Å². The quantitative estimate of drug-likeness (QED) is 0.537. The molecule has 1 nitrogen and oxygen atoms in total. The van der Waals surface area contributed by atoms with Crippen molar-refractivity contribution in [1.82, 2.24) is 4.98 Å². The third-order valence-electron chi connectivity index (χ3n) is 0.780. The number of hydrogen-bond acceptors (Lipinski definition) is 1. The van der Waals surface area contributed by atoms with E-state index in [-0.39, 0.29) is 0 Å². The van der Waals surface area contributed by atoms with E-state index in [9.17, 15) is 13.2 Å². The van der Waals surface area contributed by atoms with E-state index in [0.717, 1.165) is 6.20 Å². The van der Waals surface area contributed by atoms with Crippen molar-refractivity contribution in [1.29, 1.82) is 0 Å². The maximum absolute atomic E-state index is 11.7.